The highest BCUT2D eigenvalue weighted by molar-refractivity contribution is 6.45. The third-order valence-electron chi connectivity index (χ3n) is 4.46. The van der Waals surface area contributed by atoms with Gasteiger partial charge < -0.3 is 15.0 Å². The van der Waals surface area contributed by atoms with Gasteiger partial charge in [-0.3, -0.25) is 4.79 Å². The monoisotopic (exact) mass is 481 g/mol. The van der Waals surface area contributed by atoms with Gasteiger partial charge in [0.05, 0.1) is 11.3 Å². The number of nitrogens with one attached hydrogen (secondary N) is 1. The van der Waals surface area contributed by atoms with Crippen molar-refractivity contribution < 1.29 is 27.6 Å². The number of aryl methyl sites for hydroxylation is 1. The zero-order valence-electron chi connectivity index (χ0n) is 18.0. The molecular formula is C21H19ClF3N5O3. The Morgan fingerprint density at radius 3 is 2.61 bits per heavy atom. The van der Waals surface area contributed by atoms with Crippen LogP contribution in [0.3, 0.4) is 0 Å². The highest BCUT2D eigenvalue weighted by atomic mass is 35.5. The van der Waals surface area contributed by atoms with Crippen molar-refractivity contribution in [1.82, 2.24) is 10.3 Å². The minimum absolute atomic E-state index is 0.000827. The largest absolute Gasteiger partial charge is 0.417 e. The van der Waals surface area contributed by atoms with Gasteiger partial charge >= 0.3 is 6.18 Å². The predicted octanol–water partition coefficient (Wildman–Crippen LogP) is 3.97. The lowest BCUT2D eigenvalue weighted by molar-refractivity contribution is -0.137. The minimum Gasteiger partial charge on any atom is -0.398 e. The summed E-state index contributed by atoms with van der Waals surface area (Å²) in [5.41, 5.74) is -0.432. The van der Waals surface area contributed by atoms with Crippen molar-refractivity contribution in [1.29, 1.82) is 5.26 Å². The molecule has 0 bridgehead atoms. The van der Waals surface area contributed by atoms with Crippen molar-refractivity contribution in [3.8, 4) is 6.07 Å². The van der Waals surface area contributed by atoms with Crippen LogP contribution in [-0.4, -0.2) is 36.5 Å². The van der Waals surface area contributed by atoms with E-state index in [0.717, 1.165) is 5.56 Å². The molecule has 0 aliphatic rings. The molecule has 2 aromatic rings. The number of rotatable bonds is 7. The molecule has 0 unspecified atom stereocenters. The normalized spacial score (nSPS) is 12.2. The second-order valence-corrected chi connectivity index (χ2v) is 6.94. The van der Waals surface area contributed by atoms with Gasteiger partial charge in [-0.2, -0.15) is 18.4 Å². The number of hydrogen-bond donors (Lipinski definition) is 1. The van der Waals surface area contributed by atoms with Crippen LogP contribution in [-0.2, 0) is 27.3 Å². The molecule has 0 aliphatic carbocycles. The van der Waals surface area contributed by atoms with E-state index >= 15 is 0 Å². The molecule has 0 saturated heterocycles. The van der Waals surface area contributed by atoms with Gasteiger partial charge in [-0.05, 0) is 25.5 Å². The Labute approximate surface area is 192 Å². The molecule has 0 fully saturated rings. The number of aromatic nitrogens is 1. The molecule has 0 saturated carbocycles. The summed E-state index contributed by atoms with van der Waals surface area (Å²) in [6, 6.07) is 7.24. The number of pyridine rings is 1. The van der Waals surface area contributed by atoms with E-state index in [1.165, 1.54) is 27.2 Å². The fourth-order valence-corrected chi connectivity index (χ4v) is 3.04. The van der Waals surface area contributed by atoms with Crippen molar-refractivity contribution in [3.05, 3.63) is 62.9 Å². The summed E-state index contributed by atoms with van der Waals surface area (Å²) in [5, 5.41) is 18.5. The molecule has 1 aromatic carbocycles. The third kappa shape index (κ3) is 5.98. The second-order valence-electron chi connectivity index (χ2n) is 6.58. The molecule has 0 spiro atoms. The molecule has 0 atom stereocenters. The van der Waals surface area contributed by atoms with E-state index in [-0.39, 0.29) is 23.7 Å². The van der Waals surface area contributed by atoms with Crippen LogP contribution in [0.4, 0.5) is 13.2 Å². The van der Waals surface area contributed by atoms with Crippen molar-refractivity contribution in [2.24, 2.45) is 10.3 Å². The molecule has 0 aliphatic heterocycles. The van der Waals surface area contributed by atoms with Gasteiger partial charge in [0.25, 0.3) is 5.91 Å². The van der Waals surface area contributed by atoms with E-state index < -0.39 is 28.4 Å². The third-order valence-corrected chi connectivity index (χ3v) is 4.74. The molecule has 1 aromatic heterocycles. The highest BCUT2D eigenvalue weighted by Gasteiger charge is 2.36. The molecule has 1 amide bonds. The van der Waals surface area contributed by atoms with Gasteiger partial charge in [0.2, 0.25) is 0 Å². The fourth-order valence-electron chi connectivity index (χ4n) is 2.81. The Kier molecular flexibility index (Phi) is 8.37. The molecule has 8 nitrogen and oxygen atoms in total. The fraction of sp³-hybridized carbons (Fsp3) is 0.286. The van der Waals surface area contributed by atoms with Crippen LogP contribution >= 0.6 is 11.6 Å². The van der Waals surface area contributed by atoms with E-state index in [4.69, 9.17) is 26.5 Å². The topological polar surface area (TPSA) is 109 Å². The first kappa shape index (κ1) is 25.6. The number of oxime groups is 2. The lowest BCUT2D eigenvalue weighted by Crippen LogP contribution is -2.29. The van der Waals surface area contributed by atoms with Crippen LogP contribution < -0.4 is 5.32 Å². The number of amides is 1. The van der Waals surface area contributed by atoms with Crippen LogP contribution in [0.25, 0.3) is 0 Å². The van der Waals surface area contributed by atoms with Crippen molar-refractivity contribution in [2.45, 2.75) is 26.6 Å². The van der Waals surface area contributed by atoms with Crippen LogP contribution in [0.1, 0.15) is 40.4 Å². The Morgan fingerprint density at radius 2 is 2.03 bits per heavy atom. The maximum absolute atomic E-state index is 13.3. The SMILES string of the molecule is CNC(=O)/C(=N/OC)c1cccc(C)c1CO/N=C(\C)c1cc(C(F)(F)F)c(C#N)c(Cl)n1. The first-order valence-corrected chi connectivity index (χ1v) is 9.69. The number of carbonyl (C=O) groups excluding carboxylic acids is 1. The lowest BCUT2D eigenvalue weighted by atomic mass is 9.98. The highest BCUT2D eigenvalue weighted by Crippen LogP contribution is 2.34. The number of hydrogen-bond acceptors (Lipinski definition) is 7. The van der Waals surface area contributed by atoms with Crippen molar-refractivity contribution in [3.63, 3.8) is 0 Å². The van der Waals surface area contributed by atoms with Gasteiger partial charge in [-0.1, -0.05) is 40.1 Å². The predicted molar refractivity (Wildman–Crippen MR) is 115 cm³/mol. The molecule has 2 rings (SSSR count). The zero-order chi connectivity index (χ0) is 24.8. The van der Waals surface area contributed by atoms with E-state index in [1.807, 2.05) is 0 Å². The standard InChI is InChI=1S/C21H19ClF3N5O3/c1-11-6-5-7-13(18(30-32-4)20(31)27-3)15(11)10-33-29-12(2)17-8-16(21(23,24)25)14(9-26)19(22)28-17/h5-8H,10H2,1-4H3,(H,27,31)/b29-12+,30-18+. The van der Waals surface area contributed by atoms with Gasteiger partial charge in [0.1, 0.15) is 36.2 Å². The van der Waals surface area contributed by atoms with E-state index in [9.17, 15) is 18.0 Å². The van der Waals surface area contributed by atoms with E-state index in [2.05, 4.69) is 20.6 Å². The van der Waals surface area contributed by atoms with Gasteiger partial charge in [0.15, 0.2) is 5.71 Å². The van der Waals surface area contributed by atoms with Gasteiger partial charge in [-0.25, -0.2) is 4.98 Å². The Hall–Kier alpha value is -3.65. The molecule has 0 radical (unpaired) electrons. The van der Waals surface area contributed by atoms with Crippen LogP contribution in [0.15, 0.2) is 34.6 Å². The Bertz CT molecular complexity index is 1160. The molecule has 1 N–H and O–H groups in total. The zero-order valence-corrected chi connectivity index (χ0v) is 18.8. The number of likely N-dealkylation sites (N-methyl/N-ethyl adjacent to an activating group) is 1. The van der Waals surface area contributed by atoms with E-state index in [0.29, 0.717) is 17.2 Å². The van der Waals surface area contributed by atoms with E-state index in [1.54, 1.807) is 25.1 Å². The molecular weight excluding hydrogens is 463 g/mol. The minimum atomic E-state index is -4.81. The number of carbonyl (C=O) groups is 1. The van der Waals surface area contributed by atoms with Crippen molar-refractivity contribution >= 4 is 28.9 Å². The number of alkyl halides is 3. The summed E-state index contributed by atoms with van der Waals surface area (Å²) in [7, 11) is 2.74. The molecule has 1 heterocycles. The van der Waals surface area contributed by atoms with Gasteiger partial charge in [0, 0.05) is 18.2 Å². The summed E-state index contributed by atoms with van der Waals surface area (Å²) in [6.45, 7) is 3.03. The molecule has 12 heteroatoms. The number of halogens is 4. The average Bonchev–Trinajstić information content (AvgIpc) is 2.76. The summed E-state index contributed by atoms with van der Waals surface area (Å²) in [5.74, 6) is -0.487. The lowest BCUT2D eigenvalue weighted by Gasteiger charge is -2.13. The molecule has 174 valence electrons. The number of benzene rings is 1. The quantitative estimate of drug-likeness (QED) is 0.365. The van der Waals surface area contributed by atoms with Gasteiger partial charge in [-0.15, -0.1) is 0 Å². The van der Waals surface area contributed by atoms with Crippen molar-refractivity contribution in [2.75, 3.05) is 14.2 Å². The van der Waals surface area contributed by atoms with Crippen LogP contribution in [0.2, 0.25) is 5.15 Å². The number of nitrogens with zero attached hydrogens (tertiary/aromatic N) is 4. The first-order chi connectivity index (χ1) is 15.5. The first-order valence-electron chi connectivity index (χ1n) is 9.32. The number of nitriles is 1. The molecule has 33 heavy (non-hydrogen) atoms. The van der Waals surface area contributed by atoms with Crippen LogP contribution in [0, 0.1) is 18.3 Å². The Balaban J connectivity index is 2.39. The average molecular weight is 482 g/mol. The summed E-state index contributed by atoms with van der Waals surface area (Å²) in [6.07, 6.45) is -4.81. The maximum atomic E-state index is 13.3. The van der Waals surface area contributed by atoms with Crippen LogP contribution in [0.5, 0.6) is 0 Å². The Morgan fingerprint density at radius 1 is 1.33 bits per heavy atom. The maximum Gasteiger partial charge on any atom is 0.417 e. The summed E-state index contributed by atoms with van der Waals surface area (Å²) in [4.78, 5) is 26.1. The smallest absolute Gasteiger partial charge is 0.398 e. The second kappa shape index (κ2) is 10.8. The summed E-state index contributed by atoms with van der Waals surface area (Å²) < 4.78 is 39.9. The summed E-state index contributed by atoms with van der Waals surface area (Å²) >= 11 is 5.77.